The first-order valence-electron chi connectivity index (χ1n) is 8.91. The Morgan fingerprint density at radius 3 is 2.58 bits per heavy atom. The van der Waals surface area contributed by atoms with Crippen LogP contribution in [-0.2, 0) is 4.79 Å². The largest absolute Gasteiger partial charge is 0.472 e. The van der Waals surface area contributed by atoms with E-state index < -0.39 is 0 Å². The van der Waals surface area contributed by atoms with Crippen molar-refractivity contribution in [3.8, 4) is 11.9 Å². The molecule has 128 valence electrons. The van der Waals surface area contributed by atoms with Crippen molar-refractivity contribution in [2.24, 2.45) is 5.92 Å². The Morgan fingerprint density at radius 1 is 1.17 bits per heavy atom. The summed E-state index contributed by atoms with van der Waals surface area (Å²) in [7, 11) is 0. The minimum atomic E-state index is 0.0387. The molecule has 1 N–H and O–H groups in total. The molecule has 0 saturated heterocycles. The lowest BCUT2D eigenvalue weighted by Gasteiger charge is -2.29. The Balaban J connectivity index is 1.42. The van der Waals surface area contributed by atoms with Crippen LogP contribution in [0.25, 0.3) is 0 Å². The second-order valence-electron chi connectivity index (χ2n) is 6.84. The average molecular weight is 328 g/mol. The third-order valence-corrected chi connectivity index (χ3v) is 5.04. The van der Waals surface area contributed by atoms with Crippen LogP contribution in [0.5, 0.6) is 5.88 Å². The predicted octanol–water partition coefficient (Wildman–Crippen LogP) is 2.73. The quantitative estimate of drug-likeness (QED) is 0.898. The van der Waals surface area contributed by atoms with Gasteiger partial charge in [-0.2, -0.15) is 5.26 Å². The third-order valence-electron chi connectivity index (χ3n) is 5.04. The van der Waals surface area contributed by atoms with Gasteiger partial charge in [0.2, 0.25) is 11.6 Å². The van der Waals surface area contributed by atoms with E-state index in [1.165, 1.54) is 38.1 Å². The number of aromatic nitrogens is 2. The van der Waals surface area contributed by atoms with E-state index in [-0.39, 0.29) is 23.7 Å². The van der Waals surface area contributed by atoms with Crippen molar-refractivity contribution < 1.29 is 9.53 Å². The van der Waals surface area contributed by atoms with E-state index >= 15 is 0 Å². The topological polar surface area (TPSA) is 87.9 Å². The van der Waals surface area contributed by atoms with E-state index in [0.717, 1.165) is 25.7 Å². The molecule has 1 amide bonds. The van der Waals surface area contributed by atoms with Crippen LogP contribution in [-0.4, -0.2) is 28.0 Å². The van der Waals surface area contributed by atoms with Crippen LogP contribution in [0.15, 0.2) is 12.4 Å². The fourth-order valence-corrected chi connectivity index (χ4v) is 3.73. The van der Waals surface area contributed by atoms with Gasteiger partial charge in [-0.15, -0.1) is 0 Å². The first-order valence-corrected chi connectivity index (χ1v) is 8.91. The van der Waals surface area contributed by atoms with E-state index in [1.54, 1.807) is 0 Å². The van der Waals surface area contributed by atoms with Crippen molar-refractivity contribution in [3.05, 3.63) is 18.1 Å². The van der Waals surface area contributed by atoms with Gasteiger partial charge in [-0.1, -0.05) is 12.8 Å². The van der Waals surface area contributed by atoms with Crippen LogP contribution < -0.4 is 10.1 Å². The molecule has 6 nitrogen and oxygen atoms in total. The van der Waals surface area contributed by atoms with Gasteiger partial charge in [-0.25, -0.2) is 9.97 Å². The number of nitriles is 1. The first-order chi connectivity index (χ1) is 11.7. The Bertz CT molecular complexity index is 599. The summed E-state index contributed by atoms with van der Waals surface area (Å²) in [6.45, 7) is 0. The zero-order valence-electron chi connectivity index (χ0n) is 13.9. The van der Waals surface area contributed by atoms with E-state index in [1.807, 2.05) is 6.07 Å². The van der Waals surface area contributed by atoms with Crippen molar-refractivity contribution in [2.75, 3.05) is 0 Å². The number of hydrogen-bond donors (Lipinski definition) is 1. The maximum Gasteiger partial charge on any atom is 0.251 e. The number of hydrogen-bond acceptors (Lipinski definition) is 5. The normalized spacial score (nSPS) is 24.3. The summed E-state index contributed by atoms with van der Waals surface area (Å²) in [6, 6.07) is 2.25. The average Bonchev–Trinajstić information content (AvgIpc) is 3.10. The summed E-state index contributed by atoms with van der Waals surface area (Å²) in [4.78, 5) is 20.2. The Labute approximate surface area is 142 Å². The monoisotopic (exact) mass is 328 g/mol. The van der Waals surface area contributed by atoms with Gasteiger partial charge >= 0.3 is 0 Å². The van der Waals surface area contributed by atoms with E-state index in [0.29, 0.717) is 18.2 Å². The minimum absolute atomic E-state index is 0.0387. The van der Waals surface area contributed by atoms with Crippen LogP contribution in [0.4, 0.5) is 0 Å². The van der Waals surface area contributed by atoms with Crippen molar-refractivity contribution in [1.82, 2.24) is 15.3 Å². The van der Waals surface area contributed by atoms with Gasteiger partial charge in [0.1, 0.15) is 12.2 Å². The number of carbonyl (C=O) groups excluding carboxylic acids is 1. The van der Waals surface area contributed by atoms with Crippen molar-refractivity contribution >= 4 is 5.91 Å². The van der Waals surface area contributed by atoms with E-state index in [2.05, 4.69) is 15.3 Å². The molecule has 6 heteroatoms. The number of rotatable bonds is 5. The Kier molecular flexibility index (Phi) is 5.63. The highest BCUT2D eigenvalue weighted by Gasteiger charge is 2.26. The molecule has 0 unspecified atom stereocenters. The number of carbonyl (C=O) groups is 1. The molecule has 1 aromatic heterocycles. The van der Waals surface area contributed by atoms with Crippen LogP contribution in [0, 0.1) is 17.2 Å². The molecule has 0 atom stereocenters. The molecule has 0 aromatic carbocycles. The molecule has 1 heterocycles. The van der Waals surface area contributed by atoms with Crippen LogP contribution >= 0.6 is 0 Å². The zero-order chi connectivity index (χ0) is 16.8. The second kappa shape index (κ2) is 8.09. The number of nitrogens with one attached hydrogen (secondary N) is 1. The number of ether oxygens (including phenoxy) is 1. The molecule has 2 aliphatic rings. The van der Waals surface area contributed by atoms with Gasteiger partial charge in [0.05, 0.1) is 0 Å². The molecule has 0 radical (unpaired) electrons. The molecule has 0 bridgehead atoms. The van der Waals surface area contributed by atoms with Crippen molar-refractivity contribution in [1.29, 1.82) is 5.26 Å². The summed E-state index contributed by atoms with van der Waals surface area (Å²) < 4.78 is 5.83. The molecule has 24 heavy (non-hydrogen) atoms. The Hall–Kier alpha value is -2.16. The zero-order valence-corrected chi connectivity index (χ0v) is 13.9. The molecule has 2 saturated carbocycles. The fraction of sp³-hybridized carbons (Fsp3) is 0.667. The lowest BCUT2D eigenvalue weighted by molar-refractivity contribution is -0.123. The molecule has 1 aromatic rings. The summed E-state index contributed by atoms with van der Waals surface area (Å²) in [5.41, 5.74) is 0.226. The van der Waals surface area contributed by atoms with Crippen molar-refractivity contribution in [2.45, 2.75) is 69.9 Å². The van der Waals surface area contributed by atoms with E-state index in [4.69, 9.17) is 10.00 Å². The van der Waals surface area contributed by atoms with Gasteiger partial charge in [-0.05, 0) is 44.4 Å². The molecule has 2 fully saturated rings. The standard InChI is InChI=1S/C18H24N4O2/c19-12-16-18(21-10-9-20-16)24-15-7-5-14(6-8-15)22-17(23)11-13-3-1-2-4-13/h9-10,13-15H,1-8,11H2,(H,22,23). The lowest BCUT2D eigenvalue weighted by Crippen LogP contribution is -2.40. The molecule has 0 aliphatic heterocycles. The molecular weight excluding hydrogens is 304 g/mol. The van der Waals surface area contributed by atoms with Gasteiger partial charge in [0, 0.05) is 24.9 Å². The minimum Gasteiger partial charge on any atom is -0.472 e. The maximum absolute atomic E-state index is 12.1. The second-order valence-corrected chi connectivity index (χ2v) is 6.84. The summed E-state index contributed by atoms with van der Waals surface area (Å²) in [6.07, 6.45) is 12.2. The summed E-state index contributed by atoms with van der Waals surface area (Å²) in [5.74, 6) is 1.10. The number of amides is 1. The predicted molar refractivity (Wildman–Crippen MR) is 88.1 cm³/mol. The number of nitrogens with zero attached hydrogens (tertiary/aromatic N) is 3. The van der Waals surface area contributed by atoms with Crippen LogP contribution in [0.2, 0.25) is 0 Å². The van der Waals surface area contributed by atoms with E-state index in [9.17, 15) is 4.79 Å². The highest BCUT2D eigenvalue weighted by Crippen LogP contribution is 2.28. The molecule has 2 aliphatic carbocycles. The smallest absolute Gasteiger partial charge is 0.251 e. The molecular formula is C18H24N4O2. The van der Waals surface area contributed by atoms with Crippen LogP contribution in [0.1, 0.15) is 63.5 Å². The first kappa shape index (κ1) is 16.7. The highest BCUT2D eigenvalue weighted by molar-refractivity contribution is 5.76. The summed E-state index contributed by atoms with van der Waals surface area (Å²) in [5, 5.41) is 12.2. The maximum atomic E-state index is 12.1. The van der Waals surface area contributed by atoms with Gasteiger partial charge in [0.25, 0.3) is 5.88 Å². The summed E-state index contributed by atoms with van der Waals surface area (Å²) >= 11 is 0. The highest BCUT2D eigenvalue weighted by atomic mass is 16.5. The SMILES string of the molecule is N#Cc1nccnc1OC1CCC(NC(=O)CC2CCCC2)CC1. The van der Waals surface area contributed by atoms with Crippen molar-refractivity contribution in [3.63, 3.8) is 0 Å². The third kappa shape index (κ3) is 4.44. The van der Waals surface area contributed by atoms with Gasteiger partial charge in [0.15, 0.2) is 0 Å². The Morgan fingerprint density at radius 2 is 1.88 bits per heavy atom. The molecule has 3 rings (SSSR count). The van der Waals surface area contributed by atoms with Crippen LogP contribution in [0.3, 0.4) is 0 Å². The molecule has 0 spiro atoms. The van der Waals surface area contributed by atoms with Gasteiger partial charge < -0.3 is 10.1 Å². The van der Waals surface area contributed by atoms with Gasteiger partial charge in [-0.3, -0.25) is 4.79 Å². The fourth-order valence-electron chi connectivity index (χ4n) is 3.73. The lowest BCUT2D eigenvalue weighted by atomic mass is 9.92.